The molecule has 0 spiro atoms. The van der Waals surface area contributed by atoms with Crippen LogP contribution in [0.15, 0.2) is 196 Å². The summed E-state index contributed by atoms with van der Waals surface area (Å²) in [6.45, 7) is 0. The summed E-state index contributed by atoms with van der Waals surface area (Å²) < 4.78 is 20.1. The summed E-state index contributed by atoms with van der Waals surface area (Å²) in [7, 11) is 0. The van der Waals surface area contributed by atoms with Gasteiger partial charge in [-0.15, -0.1) is 0 Å². The first-order chi connectivity index (χ1) is 31.2. The number of furan rings is 3. The molecule has 0 saturated heterocycles. The minimum Gasteiger partial charge on any atom is -0.454 e. The third-order valence-electron chi connectivity index (χ3n) is 11.9. The van der Waals surface area contributed by atoms with Gasteiger partial charge in [0.15, 0.2) is 16.7 Å². The van der Waals surface area contributed by atoms with Gasteiger partial charge in [-0.25, -0.2) is 0 Å². The van der Waals surface area contributed by atoms with E-state index in [2.05, 4.69) is 87.7 Å². The van der Waals surface area contributed by atoms with E-state index in [4.69, 9.17) is 28.2 Å². The third-order valence-corrected chi connectivity index (χ3v) is 11.9. The Morgan fingerprint density at radius 1 is 0.286 bits per heavy atom. The van der Waals surface area contributed by atoms with Crippen molar-refractivity contribution in [2.45, 2.75) is 0 Å². The molecule has 0 N–H and O–H groups in total. The van der Waals surface area contributed by atoms with Crippen LogP contribution in [0.5, 0.6) is 0 Å². The van der Waals surface area contributed by atoms with E-state index in [1.54, 1.807) is 18.6 Å². The molecular formula is C54H30N6O3. The highest BCUT2D eigenvalue weighted by atomic mass is 16.3. The van der Waals surface area contributed by atoms with Gasteiger partial charge in [0.1, 0.15) is 33.3 Å². The molecular weight excluding hydrogens is 781 g/mol. The molecule has 9 heteroatoms. The first kappa shape index (κ1) is 35.0. The lowest BCUT2D eigenvalue weighted by Gasteiger charge is -2.12. The van der Waals surface area contributed by atoms with Crippen LogP contribution >= 0.6 is 0 Å². The van der Waals surface area contributed by atoms with Crippen molar-refractivity contribution in [2.24, 2.45) is 0 Å². The molecule has 0 fully saturated rings. The monoisotopic (exact) mass is 810 g/mol. The molecule has 0 aliphatic rings. The van der Waals surface area contributed by atoms with Crippen LogP contribution in [0.4, 0.5) is 0 Å². The fraction of sp³-hybridized carbons (Fsp3) is 0. The number of pyridine rings is 6. The Balaban J connectivity index is 1.03. The van der Waals surface area contributed by atoms with Crippen molar-refractivity contribution in [3.8, 4) is 66.8 Å². The van der Waals surface area contributed by atoms with Crippen LogP contribution in [0.2, 0.25) is 0 Å². The van der Waals surface area contributed by atoms with Crippen LogP contribution in [0, 0.1) is 0 Å². The zero-order valence-electron chi connectivity index (χ0n) is 33.2. The van der Waals surface area contributed by atoms with Crippen LogP contribution in [0.3, 0.4) is 0 Å². The standard InChI is InChI=1S/C54H30N6O3/c1-4-34(28-55-16-1)31-7-10-46-43(25-31)49-52(61-46)40(13-19-58-49)37-22-38(41-14-20-59-50-44-26-32(35-5-2-17-56-29-35)8-11-47(44)62-53(41)50)24-39(23-37)42-15-21-60-51-45-27-33(36-6-3-18-57-30-36)9-12-48(45)63-54(42)51/h1-30H. The lowest BCUT2D eigenvalue weighted by molar-refractivity contribution is 0.669. The van der Waals surface area contributed by atoms with Gasteiger partial charge in [-0.1, -0.05) is 36.4 Å². The van der Waals surface area contributed by atoms with Crippen molar-refractivity contribution < 1.29 is 13.3 Å². The Morgan fingerprint density at radius 2 is 0.619 bits per heavy atom. The van der Waals surface area contributed by atoms with E-state index in [-0.39, 0.29) is 0 Å². The number of rotatable bonds is 6. The lowest BCUT2D eigenvalue weighted by atomic mass is 9.93. The zero-order chi connectivity index (χ0) is 41.4. The summed E-state index contributed by atoms with van der Waals surface area (Å²) in [5, 5.41) is 2.78. The molecule has 13 rings (SSSR count). The highest BCUT2D eigenvalue weighted by Crippen LogP contribution is 2.44. The van der Waals surface area contributed by atoms with Crippen LogP contribution in [-0.4, -0.2) is 29.9 Å². The van der Waals surface area contributed by atoms with E-state index < -0.39 is 0 Å². The van der Waals surface area contributed by atoms with Crippen LogP contribution in [0.1, 0.15) is 0 Å². The van der Waals surface area contributed by atoms with Crippen molar-refractivity contribution in [2.75, 3.05) is 0 Å². The number of nitrogens with zero attached hydrogens (tertiary/aromatic N) is 6. The van der Waals surface area contributed by atoms with Gasteiger partial charge < -0.3 is 13.3 Å². The topological polar surface area (TPSA) is 117 Å². The number of hydrogen-bond acceptors (Lipinski definition) is 9. The highest BCUT2D eigenvalue weighted by Gasteiger charge is 2.21. The van der Waals surface area contributed by atoms with Crippen molar-refractivity contribution in [3.63, 3.8) is 0 Å². The second-order valence-electron chi connectivity index (χ2n) is 15.6. The van der Waals surface area contributed by atoms with Gasteiger partial charge in [0.05, 0.1) is 0 Å². The molecule has 0 atom stereocenters. The molecule has 0 amide bonds. The molecule has 0 bridgehead atoms. The first-order valence-electron chi connectivity index (χ1n) is 20.5. The van der Waals surface area contributed by atoms with Crippen LogP contribution < -0.4 is 0 Å². The van der Waals surface area contributed by atoms with E-state index in [9.17, 15) is 0 Å². The predicted molar refractivity (Wildman–Crippen MR) is 248 cm³/mol. The molecule has 4 aromatic carbocycles. The second-order valence-corrected chi connectivity index (χ2v) is 15.6. The van der Waals surface area contributed by atoms with Gasteiger partial charge in [0.25, 0.3) is 0 Å². The molecule has 0 radical (unpaired) electrons. The highest BCUT2D eigenvalue weighted by molar-refractivity contribution is 6.12. The predicted octanol–water partition coefficient (Wildman–Crippen LogP) is 13.8. The number of benzene rings is 4. The lowest BCUT2D eigenvalue weighted by Crippen LogP contribution is -1.89. The quantitative estimate of drug-likeness (QED) is 0.162. The van der Waals surface area contributed by atoms with Gasteiger partial charge in [-0.05, 0) is 124 Å². The molecule has 0 aliphatic carbocycles. The molecule has 294 valence electrons. The zero-order valence-corrected chi connectivity index (χ0v) is 33.2. The van der Waals surface area contributed by atoms with Gasteiger partial charge in [0, 0.05) is 105 Å². The number of hydrogen-bond donors (Lipinski definition) is 0. The molecule has 0 aliphatic heterocycles. The molecule has 0 unspecified atom stereocenters. The largest absolute Gasteiger partial charge is 0.454 e. The molecule has 13 aromatic rings. The Hall–Kier alpha value is -8.82. The maximum atomic E-state index is 6.69. The fourth-order valence-corrected chi connectivity index (χ4v) is 8.89. The number of fused-ring (bicyclic) bond motifs is 9. The number of aromatic nitrogens is 6. The van der Waals surface area contributed by atoms with E-state index in [1.807, 2.05) is 91.8 Å². The van der Waals surface area contributed by atoms with Gasteiger partial charge in [0.2, 0.25) is 0 Å². The fourth-order valence-electron chi connectivity index (χ4n) is 8.89. The summed E-state index contributed by atoms with van der Waals surface area (Å²) in [4.78, 5) is 27.7. The molecule has 9 heterocycles. The minimum absolute atomic E-state index is 0.692. The molecule has 0 saturated carbocycles. The summed E-state index contributed by atoms with van der Waals surface area (Å²) in [6, 6.07) is 43.2. The van der Waals surface area contributed by atoms with Crippen molar-refractivity contribution >= 4 is 66.2 Å². The maximum Gasteiger partial charge on any atom is 0.161 e. The van der Waals surface area contributed by atoms with Crippen LogP contribution in [-0.2, 0) is 0 Å². The van der Waals surface area contributed by atoms with Crippen molar-refractivity contribution in [3.05, 3.63) is 183 Å². The van der Waals surface area contributed by atoms with Crippen LogP contribution in [0.25, 0.3) is 133 Å². The summed E-state index contributed by atoms with van der Waals surface area (Å²) in [5.41, 5.74) is 18.3. The van der Waals surface area contributed by atoms with E-state index in [0.29, 0.717) is 16.7 Å². The second kappa shape index (κ2) is 13.9. The Bertz CT molecular complexity index is 3500. The van der Waals surface area contributed by atoms with Gasteiger partial charge >= 0.3 is 0 Å². The average Bonchev–Trinajstić information content (AvgIpc) is 4.05. The Kier molecular flexibility index (Phi) is 7.70. The minimum atomic E-state index is 0.692. The average molecular weight is 811 g/mol. The smallest absolute Gasteiger partial charge is 0.161 e. The van der Waals surface area contributed by atoms with E-state index in [0.717, 1.165) is 116 Å². The summed E-state index contributed by atoms with van der Waals surface area (Å²) >= 11 is 0. The molecule has 9 nitrogen and oxygen atoms in total. The van der Waals surface area contributed by atoms with Gasteiger partial charge in [-0.3, -0.25) is 29.9 Å². The Labute approximate surface area is 358 Å². The SMILES string of the molecule is c1cncc(-c2ccc3oc4c(-c5cc(-c6ccnc7c6oc6ccc(-c8cccnc8)cc67)cc(-c6ccnc7c6oc6ccc(-c8cccnc8)cc67)c5)ccnc4c3c2)c1. The maximum absolute atomic E-state index is 6.69. The Morgan fingerprint density at radius 3 is 0.921 bits per heavy atom. The summed E-state index contributed by atoms with van der Waals surface area (Å²) in [5.74, 6) is 0. The molecule has 9 aromatic heterocycles. The first-order valence-corrected chi connectivity index (χ1v) is 20.5. The summed E-state index contributed by atoms with van der Waals surface area (Å²) in [6.07, 6.45) is 16.5. The van der Waals surface area contributed by atoms with E-state index in [1.165, 1.54) is 0 Å². The van der Waals surface area contributed by atoms with Crippen molar-refractivity contribution in [1.29, 1.82) is 0 Å². The third kappa shape index (κ3) is 5.71. The van der Waals surface area contributed by atoms with Gasteiger partial charge in [-0.2, -0.15) is 0 Å². The van der Waals surface area contributed by atoms with E-state index >= 15 is 0 Å². The van der Waals surface area contributed by atoms with Crippen molar-refractivity contribution in [1.82, 2.24) is 29.9 Å². The molecule has 63 heavy (non-hydrogen) atoms. The normalized spacial score (nSPS) is 11.8.